The average molecular weight is 258 g/mol. The zero-order chi connectivity index (χ0) is 13.4. The van der Waals surface area contributed by atoms with Crippen LogP contribution in [0.3, 0.4) is 0 Å². The van der Waals surface area contributed by atoms with Crippen molar-refractivity contribution in [2.75, 3.05) is 0 Å². The maximum Gasteiger partial charge on any atom is 0.268 e. The van der Waals surface area contributed by atoms with Crippen molar-refractivity contribution in [3.05, 3.63) is 48.0 Å². The molecule has 1 amide bonds. The van der Waals surface area contributed by atoms with Crippen LogP contribution in [0.1, 0.15) is 23.3 Å². The molecule has 0 radical (unpaired) electrons. The fourth-order valence-corrected chi connectivity index (χ4v) is 2.08. The summed E-state index contributed by atoms with van der Waals surface area (Å²) >= 11 is 0. The minimum atomic E-state index is -0.258. The van der Waals surface area contributed by atoms with Crippen LogP contribution < -0.4 is 5.32 Å². The Bertz CT molecular complexity index is 612. The van der Waals surface area contributed by atoms with Gasteiger partial charge in [-0.3, -0.25) is 4.79 Å². The molecule has 1 aromatic heterocycles. The summed E-state index contributed by atoms with van der Waals surface area (Å²) in [7, 11) is 1.84. The normalized spacial score (nSPS) is 14.4. The van der Waals surface area contributed by atoms with E-state index in [9.17, 15) is 9.18 Å². The molecule has 0 saturated heterocycles. The van der Waals surface area contributed by atoms with E-state index >= 15 is 0 Å². The Morgan fingerprint density at radius 2 is 1.95 bits per heavy atom. The summed E-state index contributed by atoms with van der Waals surface area (Å²) in [4.78, 5) is 12.0. The van der Waals surface area contributed by atoms with Crippen molar-refractivity contribution in [3.63, 3.8) is 0 Å². The maximum atomic E-state index is 12.9. The summed E-state index contributed by atoms with van der Waals surface area (Å²) in [5.41, 5.74) is 2.46. The number of aromatic nitrogens is 1. The van der Waals surface area contributed by atoms with Gasteiger partial charge in [0, 0.05) is 24.8 Å². The van der Waals surface area contributed by atoms with Gasteiger partial charge in [0.15, 0.2) is 0 Å². The molecule has 1 N–H and O–H groups in total. The van der Waals surface area contributed by atoms with Crippen LogP contribution in [-0.4, -0.2) is 16.5 Å². The van der Waals surface area contributed by atoms with Crippen LogP contribution in [0.15, 0.2) is 36.5 Å². The third-order valence-corrected chi connectivity index (χ3v) is 3.33. The molecule has 0 atom stereocenters. The highest BCUT2D eigenvalue weighted by Gasteiger charge is 2.25. The van der Waals surface area contributed by atoms with Crippen molar-refractivity contribution < 1.29 is 9.18 Å². The van der Waals surface area contributed by atoms with Crippen molar-refractivity contribution >= 4 is 5.91 Å². The van der Waals surface area contributed by atoms with Crippen LogP contribution >= 0.6 is 0 Å². The lowest BCUT2D eigenvalue weighted by Gasteiger charge is -2.03. The first-order chi connectivity index (χ1) is 9.13. The number of benzene rings is 1. The minimum Gasteiger partial charge on any atom is -0.348 e. The summed E-state index contributed by atoms with van der Waals surface area (Å²) in [6, 6.07) is 8.46. The summed E-state index contributed by atoms with van der Waals surface area (Å²) in [5, 5.41) is 2.97. The number of halogens is 1. The molecule has 1 saturated carbocycles. The number of carbonyl (C=O) groups excluding carboxylic acids is 1. The standard InChI is InChI=1S/C15H15FN2O/c1-18-9-11(10-2-4-12(16)5-3-10)8-14(18)15(19)17-13-6-7-13/h2-5,8-9,13H,6-7H2,1H3,(H,17,19). The van der Waals surface area contributed by atoms with Gasteiger partial charge in [-0.05, 0) is 36.6 Å². The van der Waals surface area contributed by atoms with Gasteiger partial charge in [0.25, 0.3) is 5.91 Å². The molecule has 1 aromatic carbocycles. The number of aryl methyl sites for hydroxylation is 1. The van der Waals surface area contributed by atoms with E-state index in [2.05, 4.69) is 5.32 Å². The molecule has 1 fully saturated rings. The van der Waals surface area contributed by atoms with Crippen molar-refractivity contribution in [1.29, 1.82) is 0 Å². The van der Waals surface area contributed by atoms with Crippen LogP contribution in [0.4, 0.5) is 4.39 Å². The highest BCUT2D eigenvalue weighted by atomic mass is 19.1. The van der Waals surface area contributed by atoms with E-state index in [0.717, 1.165) is 24.0 Å². The molecular formula is C15H15FN2O. The Kier molecular flexibility index (Phi) is 2.85. The second kappa shape index (κ2) is 4.53. The van der Waals surface area contributed by atoms with Gasteiger partial charge in [0.05, 0.1) is 0 Å². The van der Waals surface area contributed by atoms with E-state index in [0.29, 0.717) is 11.7 Å². The molecule has 98 valence electrons. The SMILES string of the molecule is Cn1cc(-c2ccc(F)cc2)cc1C(=O)NC1CC1. The summed E-state index contributed by atoms with van der Waals surface area (Å²) in [6.45, 7) is 0. The van der Waals surface area contributed by atoms with E-state index in [1.165, 1.54) is 12.1 Å². The van der Waals surface area contributed by atoms with Gasteiger partial charge in [-0.25, -0.2) is 4.39 Å². The van der Waals surface area contributed by atoms with Crippen LogP contribution in [0.5, 0.6) is 0 Å². The smallest absolute Gasteiger partial charge is 0.268 e. The van der Waals surface area contributed by atoms with Gasteiger partial charge in [0.2, 0.25) is 0 Å². The van der Waals surface area contributed by atoms with Crippen molar-refractivity contribution in [2.45, 2.75) is 18.9 Å². The number of nitrogens with zero attached hydrogens (tertiary/aromatic N) is 1. The van der Waals surface area contributed by atoms with E-state index in [4.69, 9.17) is 0 Å². The zero-order valence-electron chi connectivity index (χ0n) is 10.7. The second-order valence-electron chi connectivity index (χ2n) is 4.98. The molecule has 2 aromatic rings. The van der Waals surface area contributed by atoms with Crippen molar-refractivity contribution in [3.8, 4) is 11.1 Å². The van der Waals surface area contributed by atoms with Crippen LogP contribution in [0.25, 0.3) is 11.1 Å². The van der Waals surface area contributed by atoms with Gasteiger partial charge in [-0.1, -0.05) is 12.1 Å². The molecule has 3 nitrogen and oxygen atoms in total. The third-order valence-electron chi connectivity index (χ3n) is 3.33. The van der Waals surface area contributed by atoms with Crippen molar-refractivity contribution in [2.24, 2.45) is 7.05 Å². The topological polar surface area (TPSA) is 34.0 Å². The van der Waals surface area contributed by atoms with Crippen molar-refractivity contribution in [1.82, 2.24) is 9.88 Å². The first-order valence-electron chi connectivity index (χ1n) is 6.36. The molecule has 3 rings (SSSR count). The predicted octanol–water partition coefficient (Wildman–Crippen LogP) is 2.72. The van der Waals surface area contributed by atoms with Gasteiger partial charge < -0.3 is 9.88 Å². The molecule has 0 unspecified atom stereocenters. The molecule has 4 heteroatoms. The first kappa shape index (κ1) is 12.0. The predicted molar refractivity (Wildman–Crippen MR) is 71.3 cm³/mol. The Labute approximate surface area is 111 Å². The van der Waals surface area contributed by atoms with Gasteiger partial charge in [-0.15, -0.1) is 0 Å². The molecule has 19 heavy (non-hydrogen) atoms. The number of carbonyl (C=O) groups is 1. The molecule has 1 aliphatic rings. The summed E-state index contributed by atoms with van der Waals surface area (Å²) < 4.78 is 14.7. The zero-order valence-corrected chi connectivity index (χ0v) is 10.7. The highest BCUT2D eigenvalue weighted by Crippen LogP contribution is 2.23. The van der Waals surface area contributed by atoms with Crippen LogP contribution in [-0.2, 0) is 7.05 Å². The molecular weight excluding hydrogens is 243 g/mol. The van der Waals surface area contributed by atoms with Crippen LogP contribution in [0.2, 0.25) is 0 Å². The van der Waals surface area contributed by atoms with Gasteiger partial charge in [0.1, 0.15) is 11.5 Å². The average Bonchev–Trinajstić information content (AvgIpc) is 3.11. The van der Waals surface area contributed by atoms with E-state index in [1.54, 1.807) is 16.7 Å². The minimum absolute atomic E-state index is 0.0432. The van der Waals surface area contributed by atoms with Gasteiger partial charge in [-0.2, -0.15) is 0 Å². The Hall–Kier alpha value is -2.10. The Morgan fingerprint density at radius 1 is 1.26 bits per heavy atom. The van der Waals surface area contributed by atoms with Gasteiger partial charge >= 0.3 is 0 Å². The summed E-state index contributed by atoms with van der Waals surface area (Å²) in [5.74, 6) is -0.301. The number of amides is 1. The number of rotatable bonds is 3. The lowest BCUT2D eigenvalue weighted by molar-refractivity contribution is 0.0943. The largest absolute Gasteiger partial charge is 0.348 e. The van der Waals surface area contributed by atoms with E-state index in [1.807, 2.05) is 19.3 Å². The second-order valence-corrected chi connectivity index (χ2v) is 4.98. The quantitative estimate of drug-likeness (QED) is 0.902. The van der Waals surface area contributed by atoms with Crippen LogP contribution in [0, 0.1) is 5.82 Å². The highest BCUT2D eigenvalue weighted by molar-refractivity contribution is 5.94. The lowest BCUT2D eigenvalue weighted by atomic mass is 10.1. The first-order valence-corrected chi connectivity index (χ1v) is 6.36. The lowest BCUT2D eigenvalue weighted by Crippen LogP contribution is -2.27. The fourth-order valence-electron chi connectivity index (χ4n) is 2.08. The molecule has 1 heterocycles. The number of hydrogen-bond donors (Lipinski definition) is 1. The Morgan fingerprint density at radius 3 is 2.58 bits per heavy atom. The summed E-state index contributed by atoms with van der Waals surface area (Å²) in [6.07, 6.45) is 4.02. The number of nitrogens with one attached hydrogen (secondary N) is 1. The maximum absolute atomic E-state index is 12.9. The Balaban J connectivity index is 1.87. The third kappa shape index (κ3) is 2.52. The number of hydrogen-bond acceptors (Lipinski definition) is 1. The monoisotopic (exact) mass is 258 g/mol. The fraction of sp³-hybridized carbons (Fsp3) is 0.267. The molecule has 0 aliphatic heterocycles. The van der Waals surface area contributed by atoms with E-state index in [-0.39, 0.29) is 11.7 Å². The molecule has 0 bridgehead atoms. The molecule has 0 spiro atoms. The molecule has 1 aliphatic carbocycles. The van der Waals surface area contributed by atoms with E-state index < -0.39 is 0 Å².